The molecule has 3 nitrogen and oxygen atoms in total. The molecule has 4 rings (SSSR count). The van der Waals surface area contributed by atoms with Crippen molar-refractivity contribution >= 4 is 10.8 Å². The summed E-state index contributed by atoms with van der Waals surface area (Å²) >= 11 is 0. The monoisotopic (exact) mass is 469 g/mol. The Morgan fingerprint density at radius 3 is 2.18 bits per heavy atom. The highest BCUT2D eigenvalue weighted by atomic mass is 19.4. The van der Waals surface area contributed by atoms with Gasteiger partial charge in [0, 0.05) is 6.54 Å². The summed E-state index contributed by atoms with van der Waals surface area (Å²) < 4.78 is 89.9. The van der Waals surface area contributed by atoms with E-state index in [4.69, 9.17) is 9.47 Å². The van der Waals surface area contributed by atoms with Crippen molar-refractivity contribution < 1.29 is 35.8 Å². The highest BCUT2D eigenvalue weighted by Gasteiger charge is 2.37. The van der Waals surface area contributed by atoms with Crippen LogP contribution in [0.15, 0.2) is 60.7 Å². The largest absolute Gasteiger partial charge is 0.416 e. The van der Waals surface area contributed by atoms with E-state index in [0.29, 0.717) is 13.2 Å². The third-order valence-electron chi connectivity index (χ3n) is 5.47. The Bertz CT molecular complexity index is 1080. The second-order valence-electron chi connectivity index (χ2n) is 7.81. The molecule has 1 aliphatic rings. The molecular weight excluding hydrogens is 448 g/mol. The van der Waals surface area contributed by atoms with Gasteiger partial charge in [-0.3, -0.25) is 0 Å². The van der Waals surface area contributed by atoms with Crippen LogP contribution in [0, 0.1) is 0 Å². The molecule has 1 aliphatic heterocycles. The number of alkyl halides is 6. The predicted molar refractivity (Wildman–Crippen MR) is 111 cm³/mol. The van der Waals surface area contributed by atoms with Gasteiger partial charge >= 0.3 is 12.4 Å². The van der Waals surface area contributed by atoms with Crippen molar-refractivity contribution in [3.05, 3.63) is 82.9 Å². The highest BCUT2D eigenvalue weighted by molar-refractivity contribution is 5.83. The molecule has 2 atom stereocenters. The summed E-state index contributed by atoms with van der Waals surface area (Å²) in [6.07, 6.45) is -10.6. The van der Waals surface area contributed by atoms with Crippen molar-refractivity contribution in [3.63, 3.8) is 0 Å². The molecule has 3 aromatic rings. The number of rotatable bonds is 5. The lowest BCUT2D eigenvalue weighted by Crippen LogP contribution is -2.43. The lowest BCUT2D eigenvalue weighted by molar-refractivity contribution is -0.177. The minimum absolute atomic E-state index is 0.102. The minimum atomic E-state index is -4.88. The lowest BCUT2D eigenvalue weighted by Gasteiger charge is -2.33. The maximum atomic E-state index is 13.1. The molecule has 0 aliphatic carbocycles. The van der Waals surface area contributed by atoms with Gasteiger partial charge in [0.05, 0.1) is 30.4 Å². The van der Waals surface area contributed by atoms with E-state index in [2.05, 4.69) is 5.32 Å². The maximum absolute atomic E-state index is 13.1. The second kappa shape index (κ2) is 9.32. The molecule has 0 amide bonds. The van der Waals surface area contributed by atoms with Gasteiger partial charge in [-0.1, -0.05) is 36.4 Å². The third-order valence-corrected chi connectivity index (χ3v) is 5.47. The van der Waals surface area contributed by atoms with Crippen LogP contribution in [0.4, 0.5) is 26.3 Å². The molecule has 1 saturated heterocycles. The smallest absolute Gasteiger partial charge is 0.350 e. The summed E-state index contributed by atoms with van der Waals surface area (Å²) in [6, 6.07) is 15.0. The fourth-order valence-corrected chi connectivity index (χ4v) is 3.86. The van der Waals surface area contributed by atoms with Gasteiger partial charge in [0.1, 0.15) is 0 Å². The molecule has 1 heterocycles. The molecule has 0 radical (unpaired) electrons. The van der Waals surface area contributed by atoms with Crippen LogP contribution in [0.3, 0.4) is 0 Å². The predicted octanol–water partition coefficient (Wildman–Crippen LogP) is 6.12. The van der Waals surface area contributed by atoms with E-state index in [1.165, 1.54) is 0 Å². The highest BCUT2D eigenvalue weighted by Crippen LogP contribution is 2.36. The fraction of sp³-hybridized carbons (Fsp3) is 0.333. The molecule has 0 saturated carbocycles. The van der Waals surface area contributed by atoms with Gasteiger partial charge in [-0.25, -0.2) is 0 Å². The second-order valence-corrected chi connectivity index (χ2v) is 7.81. The molecule has 0 bridgehead atoms. The Kier molecular flexibility index (Phi) is 6.65. The minimum Gasteiger partial charge on any atom is -0.350 e. The zero-order valence-corrected chi connectivity index (χ0v) is 17.3. The summed E-state index contributed by atoms with van der Waals surface area (Å²) in [4.78, 5) is 0. The molecule has 176 valence electrons. The van der Waals surface area contributed by atoms with Crippen molar-refractivity contribution in [1.29, 1.82) is 0 Å². The SMILES string of the molecule is FC(F)(F)c1cc(CCOC2OCCNC2c2ccc3ccccc3c2)cc(C(F)(F)F)c1. The first kappa shape index (κ1) is 23.5. The number of halogens is 6. The van der Waals surface area contributed by atoms with Gasteiger partial charge in [0.2, 0.25) is 0 Å². The van der Waals surface area contributed by atoms with Crippen LogP contribution in [-0.2, 0) is 28.2 Å². The lowest BCUT2D eigenvalue weighted by atomic mass is 10.0. The Labute approximate surface area is 186 Å². The molecule has 1 N–H and O–H groups in total. The van der Waals surface area contributed by atoms with Crippen molar-refractivity contribution in [2.75, 3.05) is 19.8 Å². The average molecular weight is 469 g/mol. The van der Waals surface area contributed by atoms with Crippen LogP contribution < -0.4 is 5.32 Å². The average Bonchev–Trinajstić information content (AvgIpc) is 2.78. The summed E-state index contributed by atoms with van der Waals surface area (Å²) in [7, 11) is 0. The van der Waals surface area contributed by atoms with Crippen molar-refractivity contribution in [1.82, 2.24) is 5.32 Å². The summed E-state index contributed by atoms with van der Waals surface area (Å²) in [5, 5.41) is 5.41. The number of fused-ring (bicyclic) bond motifs is 1. The number of ether oxygens (including phenoxy) is 2. The first-order valence-electron chi connectivity index (χ1n) is 10.3. The van der Waals surface area contributed by atoms with Crippen molar-refractivity contribution in [3.8, 4) is 0 Å². The summed E-state index contributed by atoms with van der Waals surface area (Å²) in [5.74, 6) is 0. The van der Waals surface area contributed by atoms with Gasteiger partial charge in [-0.2, -0.15) is 26.3 Å². The first-order chi connectivity index (χ1) is 15.6. The molecule has 0 spiro atoms. The summed E-state index contributed by atoms with van der Waals surface area (Å²) in [5.41, 5.74) is -1.87. The number of nitrogens with one attached hydrogen (secondary N) is 1. The van der Waals surface area contributed by atoms with E-state index in [1.54, 1.807) is 0 Å². The van der Waals surface area contributed by atoms with E-state index >= 15 is 0 Å². The van der Waals surface area contributed by atoms with E-state index in [0.717, 1.165) is 28.5 Å². The molecule has 3 aromatic carbocycles. The van der Waals surface area contributed by atoms with Crippen LogP contribution in [-0.4, -0.2) is 26.0 Å². The molecule has 33 heavy (non-hydrogen) atoms. The van der Waals surface area contributed by atoms with Crippen LogP contribution in [0.25, 0.3) is 10.8 Å². The normalized spacial score (nSPS) is 19.7. The number of benzene rings is 3. The Morgan fingerprint density at radius 2 is 1.52 bits per heavy atom. The Balaban J connectivity index is 1.48. The van der Waals surface area contributed by atoms with Crippen LogP contribution in [0.1, 0.15) is 28.3 Å². The Hall–Kier alpha value is -2.62. The standard InChI is InChI=1S/C24H21F6NO2/c25-23(26,27)19-11-15(12-20(14-19)24(28,29)30)7-9-32-22-21(31-8-10-33-22)18-6-5-16-3-1-2-4-17(16)13-18/h1-6,11-14,21-22,31H,7-10H2. The van der Waals surface area contributed by atoms with E-state index < -0.39 is 29.8 Å². The number of hydrogen-bond donors (Lipinski definition) is 1. The molecule has 0 aromatic heterocycles. The fourth-order valence-electron chi connectivity index (χ4n) is 3.86. The van der Waals surface area contributed by atoms with Gasteiger partial charge in [0.25, 0.3) is 0 Å². The van der Waals surface area contributed by atoms with Crippen LogP contribution in [0.2, 0.25) is 0 Å². The Morgan fingerprint density at radius 1 is 0.848 bits per heavy atom. The van der Waals surface area contributed by atoms with Gasteiger partial charge < -0.3 is 14.8 Å². The summed E-state index contributed by atoms with van der Waals surface area (Å²) in [6.45, 7) is 0.853. The molecule has 9 heteroatoms. The first-order valence-corrected chi connectivity index (χ1v) is 10.3. The van der Waals surface area contributed by atoms with Crippen LogP contribution in [0.5, 0.6) is 0 Å². The quantitative estimate of drug-likeness (QED) is 0.457. The van der Waals surface area contributed by atoms with Gasteiger partial charge in [-0.15, -0.1) is 0 Å². The van der Waals surface area contributed by atoms with Crippen molar-refractivity contribution in [2.45, 2.75) is 31.1 Å². The molecule has 2 unspecified atom stereocenters. The zero-order chi connectivity index (χ0) is 23.6. The maximum Gasteiger partial charge on any atom is 0.416 e. The molecular formula is C24H21F6NO2. The van der Waals surface area contributed by atoms with Crippen LogP contribution >= 0.6 is 0 Å². The van der Waals surface area contributed by atoms with Gasteiger partial charge in [0.15, 0.2) is 6.29 Å². The van der Waals surface area contributed by atoms with E-state index in [-0.39, 0.29) is 30.7 Å². The van der Waals surface area contributed by atoms with E-state index in [9.17, 15) is 26.3 Å². The van der Waals surface area contributed by atoms with Crippen molar-refractivity contribution in [2.24, 2.45) is 0 Å². The number of morpholine rings is 1. The third kappa shape index (κ3) is 5.66. The molecule has 1 fully saturated rings. The zero-order valence-electron chi connectivity index (χ0n) is 17.3. The van der Waals surface area contributed by atoms with E-state index in [1.807, 2.05) is 42.5 Å². The topological polar surface area (TPSA) is 30.5 Å². The van der Waals surface area contributed by atoms with Gasteiger partial charge in [-0.05, 0) is 52.6 Å². The number of hydrogen-bond acceptors (Lipinski definition) is 3.